The largest absolute Gasteiger partial charge is 0.283 e. The molecule has 10 aromatic rings. The molecule has 0 spiro atoms. The molecule has 240 valence electrons. The van der Waals surface area contributed by atoms with Crippen LogP contribution in [0.15, 0.2) is 163 Å². The molecule has 4 heterocycles. The van der Waals surface area contributed by atoms with Crippen molar-refractivity contribution < 1.29 is 0 Å². The summed E-state index contributed by atoms with van der Waals surface area (Å²) in [5, 5.41) is 2.00. The molecule has 7 nitrogen and oxygen atoms in total. The zero-order chi connectivity index (χ0) is 33.9. The van der Waals surface area contributed by atoms with Gasteiger partial charge in [0.2, 0.25) is 5.95 Å². The molecule has 0 aliphatic carbocycles. The van der Waals surface area contributed by atoms with Crippen LogP contribution in [0.3, 0.4) is 0 Å². The molecule has 51 heavy (non-hydrogen) atoms. The molecule has 0 aliphatic heterocycles. The van der Waals surface area contributed by atoms with Crippen LogP contribution in [0.2, 0.25) is 0 Å². The third-order valence-electron chi connectivity index (χ3n) is 9.27. The van der Waals surface area contributed by atoms with Crippen molar-refractivity contribution in [2.45, 2.75) is 0 Å². The molecule has 0 N–H and O–H groups in total. The normalized spacial score (nSPS) is 11.6. The van der Waals surface area contributed by atoms with Crippen LogP contribution in [-0.2, 0) is 0 Å². The fourth-order valence-electron chi connectivity index (χ4n) is 6.99. The van der Waals surface area contributed by atoms with Crippen molar-refractivity contribution in [1.82, 2.24) is 28.9 Å². The van der Waals surface area contributed by atoms with Gasteiger partial charge >= 0.3 is 0 Å². The molecule has 6 aromatic carbocycles. The summed E-state index contributed by atoms with van der Waals surface area (Å²) in [7, 11) is 0. The van der Waals surface area contributed by atoms with Gasteiger partial charge in [0.15, 0.2) is 16.6 Å². The molecule has 0 unspecified atom stereocenters. The lowest BCUT2D eigenvalue weighted by molar-refractivity contribution is 0.953. The van der Waals surface area contributed by atoms with Crippen molar-refractivity contribution in [1.29, 1.82) is 0 Å². The SMILES string of the molecule is O=c1nc2sc3ccccc3n2c(-c2ccccc2)c1-c1ccc2c(c1)c1ccccc1n2-c1nc(-c2ccccc2)nc(-c2ccccc2)n1. The Kier molecular flexibility index (Phi) is 6.68. The summed E-state index contributed by atoms with van der Waals surface area (Å²) >= 11 is 1.52. The predicted molar refractivity (Wildman–Crippen MR) is 206 cm³/mol. The maximum atomic E-state index is 14.1. The van der Waals surface area contributed by atoms with E-state index in [0.29, 0.717) is 28.1 Å². The number of hydrogen-bond acceptors (Lipinski definition) is 6. The summed E-state index contributed by atoms with van der Waals surface area (Å²) in [4.78, 5) is 34.5. The first-order chi connectivity index (χ1) is 25.2. The predicted octanol–water partition coefficient (Wildman–Crippen LogP) is 9.86. The maximum Gasteiger partial charge on any atom is 0.282 e. The Morgan fingerprint density at radius 3 is 1.73 bits per heavy atom. The highest BCUT2D eigenvalue weighted by Gasteiger charge is 2.23. The number of fused-ring (bicyclic) bond motifs is 6. The summed E-state index contributed by atoms with van der Waals surface area (Å²) in [6, 6.07) is 52.7. The van der Waals surface area contributed by atoms with Crippen molar-refractivity contribution >= 4 is 48.3 Å². The van der Waals surface area contributed by atoms with Gasteiger partial charge in [-0.2, -0.15) is 15.0 Å². The van der Waals surface area contributed by atoms with E-state index in [-0.39, 0.29) is 5.56 Å². The summed E-state index contributed by atoms with van der Waals surface area (Å²) in [5.41, 5.74) is 7.53. The van der Waals surface area contributed by atoms with E-state index in [4.69, 9.17) is 15.0 Å². The molecule has 0 radical (unpaired) electrons. The first-order valence-electron chi connectivity index (χ1n) is 16.6. The number of rotatable bonds is 5. The van der Waals surface area contributed by atoms with Crippen molar-refractivity contribution in [3.8, 4) is 51.1 Å². The number of para-hydroxylation sites is 2. The van der Waals surface area contributed by atoms with E-state index < -0.39 is 0 Å². The number of benzene rings is 6. The van der Waals surface area contributed by atoms with Crippen LogP contribution in [-0.4, -0.2) is 28.9 Å². The number of aromatic nitrogens is 6. The van der Waals surface area contributed by atoms with Crippen molar-refractivity contribution in [3.63, 3.8) is 0 Å². The van der Waals surface area contributed by atoms with E-state index in [9.17, 15) is 4.79 Å². The summed E-state index contributed by atoms with van der Waals surface area (Å²) in [6.07, 6.45) is 0. The van der Waals surface area contributed by atoms with Crippen molar-refractivity contribution in [2.24, 2.45) is 0 Å². The Bertz CT molecular complexity index is 2930. The average Bonchev–Trinajstić information content (AvgIpc) is 3.73. The van der Waals surface area contributed by atoms with Gasteiger partial charge in [0.25, 0.3) is 5.56 Å². The Morgan fingerprint density at radius 2 is 1.04 bits per heavy atom. The zero-order valence-corrected chi connectivity index (χ0v) is 27.8. The quantitative estimate of drug-likeness (QED) is 0.182. The lowest BCUT2D eigenvalue weighted by atomic mass is 9.98. The van der Waals surface area contributed by atoms with Gasteiger partial charge in [-0.3, -0.25) is 13.8 Å². The molecule has 0 aliphatic rings. The van der Waals surface area contributed by atoms with E-state index >= 15 is 0 Å². The number of hydrogen-bond donors (Lipinski definition) is 0. The molecule has 0 bridgehead atoms. The van der Waals surface area contributed by atoms with Crippen LogP contribution in [0.5, 0.6) is 0 Å². The molecule has 0 saturated heterocycles. The minimum Gasteiger partial charge on any atom is -0.283 e. The molecule has 0 atom stereocenters. The topological polar surface area (TPSA) is 78.0 Å². The minimum atomic E-state index is -0.263. The van der Waals surface area contributed by atoms with Gasteiger partial charge in [0, 0.05) is 21.9 Å². The standard InChI is InChI=1S/C43H26N6OS/c50-41-37(38(27-14-4-1-5-15-27)49-35-22-12-13-23-36(35)51-43(49)47-41)30-24-25-34-32(26-30)31-20-10-11-21-33(31)48(34)42-45-39(28-16-6-2-7-17-28)44-40(46-42)29-18-8-3-9-19-29/h1-26H. The number of nitrogens with zero attached hydrogens (tertiary/aromatic N) is 6. The van der Waals surface area contributed by atoms with Crippen LogP contribution in [0.25, 0.3) is 88.1 Å². The van der Waals surface area contributed by atoms with Gasteiger partial charge in [-0.25, -0.2) is 4.98 Å². The molecule has 0 amide bonds. The molecule has 0 fully saturated rings. The highest BCUT2D eigenvalue weighted by atomic mass is 32.1. The fraction of sp³-hybridized carbons (Fsp3) is 0. The summed E-state index contributed by atoms with van der Waals surface area (Å²) in [5.74, 6) is 1.69. The Labute approximate surface area is 295 Å². The average molecular weight is 675 g/mol. The fourth-order valence-corrected chi connectivity index (χ4v) is 8.01. The van der Waals surface area contributed by atoms with Gasteiger partial charge in [-0.1, -0.05) is 139 Å². The van der Waals surface area contributed by atoms with E-state index in [0.717, 1.165) is 60.0 Å². The first-order valence-corrected chi connectivity index (χ1v) is 17.4. The molecule has 0 saturated carbocycles. The van der Waals surface area contributed by atoms with Crippen LogP contribution >= 0.6 is 11.3 Å². The lowest BCUT2D eigenvalue weighted by Crippen LogP contribution is -2.14. The van der Waals surface area contributed by atoms with Crippen LogP contribution in [0, 0.1) is 0 Å². The maximum absolute atomic E-state index is 14.1. The van der Waals surface area contributed by atoms with E-state index in [1.54, 1.807) is 0 Å². The van der Waals surface area contributed by atoms with E-state index in [1.165, 1.54) is 11.3 Å². The lowest BCUT2D eigenvalue weighted by Gasteiger charge is -2.13. The number of thiazole rings is 1. The zero-order valence-electron chi connectivity index (χ0n) is 27.0. The highest BCUT2D eigenvalue weighted by Crippen LogP contribution is 2.39. The van der Waals surface area contributed by atoms with Gasteiger partial charge in [-0.05, 0) is 41.5 Å². The second-order valence-electron chi connectivity index (χ2n) is 12.3. The second kappa shape index (κ2) is 11.7. The van der Waals surface area contributed by atoms with E-state index in [1.807, 2.05) is 109 Å². The van der Waals surface area contributed by atoms with Crippen molar-refractivity contribution in [3.05, 3.63) is 168 Å². The first kappa shape index (κ1) is 29.2. The second-order valence-corrected chi connectivity index (χ2v) is 13.3. The van der Waals surface area contributed by atoms with Gasteiger partial charge in [0.05, 0.1) is 32.5 Å². The van der Waals surface area contributed by atoms with Gasteiger partial charge in [-0.15, -0.1) is 0 Å². The van der Waals surface area contributed by atoms with E-state index in [2.05, 4.69) is 62.5 Å². The Morgan fingerprint density at radius 1 is 0.471 bits per heavy atom. The van der Waals surface area contributed by atoms with Gasteiger partial charge < -0.3 is 0 Å². The summed E-state index contributed by atoms with van der Waals surface area (Å²) < 4.78 is 5.29. The van der Waals surface area contributed by atoms with Crippen LogP contribution < -0.4 is 5.56 Å². The third-order valence-corrected chi connectivity index (χ3v) is 10.3. The third kappa shape index (κ3) is 4.76. The summed E-state index contributed by atoms with van der Waals surface area (Å²) in [6.45, 7) is 0. The Balaban J connectivity index is 1.25. The highest BCUT2D eigenvalue weighted by molar-refractivity contribution is 7.23. The van der Waals surface area contributed by atoms with Gasteiger partial charge in [0.1, 0.15) is 0 Å². The Hall–Kier alpha value is -6.77. The van der Waals surface area contributed by atoms with Crippen LogP contribution in [0.1, 0.15) is 0 Å². The minimum absolute atomic E-state index is 0.263. The molecular weight excluding hydrogens is 649 g/mol. The molecule has 10 rings (SSSR count). The smallest absolute Gasteiger partial charge is 0.282 e. The molecule has 4 aromatic heterocycles. The molecule has 8 heteroatoms. The van der Waals surface area contributed by atoms with Crippen LogP contribution in [0.4, 0.5) is 0 Å². The van der Waals surface area contributed by atoms with Crippen molar-refractivity contribution in [2.75, 3.05) is 0 Å². The monoisotopic (exact) mass is 674 g/mol. The molecular formula is C43H26N6OS.